The Morgan fingerprint density at radius 1 is 0.611 bits per heavy atom. The molecule has 0 bridgehead atoms. The molecule has 2 atom stereocenters. The van der Waals surface area contributed by atoms with Crippen molar-refractivity contribution in [3.63, 3.8) is 0 Å². The van der Waals surface area contributed by atoms with Gasteiger partial charge >= 0.3 is 0 Å². The Balaban J connectivity index is 2.47. The highest BCUT2D eigenvalue weighted by Crippen LogP contribution is 2.31. The summed E-state index contributed by atoms with van der Waals surface area (Å²) in [6, 6.07) is -0.0711. The Labute approximate surface area is 203 Å². The lowest BCUT2D eigenvalue weighted by molar-refractivity contribution is -0.134. The highest BCUT2D eigenvalue weighted by Gasteiger charge is 2.34. The van der Waals surface area contributed by atoms with Crippen LogP contribution in [-0.4, -0.2) is 18.0 Å². The molecule has 200 valence electrons. The van der Waals surface area contributed by atoms with Gasteiger partial charge in [-0.15, -0.1) is 0 Å². The van der Waals surface area contributed by atoms with Crippen molar-refractivity contribution in [3.05, 3.63) is 58.7 Å². The maximum Gasteiger partial charge on any atom is 0.213 e. The third kappa shape index (κ3) is 7.10. The van der Waals surface area contributed by atoms with Crippen molar-refractivity contribution in [2.75, 3.05) is 0 Å². The van der Waals surface area contributed by atoms with Gasteiger partial charge in [0.05, 0.1) is 0 Å². The number of rotatable bonds is 14. The minimum atomic E-state index is -1.88. The maximum absolute atomic E-state index is 14.2. The van der Waals surface area contributed by atoms with E-state index < -0.39 is 76.0 Å². The molecule has 0 aliphatic rings. The van der Waals surface area contributed by atoms with Crippen LogP contribution < -0.4 is 9.47 Å². The molecule has 0 aromatic heterocycles. The molecule has 11 heteroatoms. The van der Waals surface area contributed by atoms with Crippen LogP contribution in [0.5, 0.6) is 11.5 Å². The second kappa shape index (κ2) is 13.5. The number of hydrogen-bond acceptors (Lipinski definition) is 3. The third-order valence-corrected chi connectivity index (χ3v) is 5.44. The van der Waals surface area contributed by atoms with Crippen LogP contribution in [0.1, 0.15) is 65.2 Å². The number of ketones is 1. The molecule has 0 saturated carbocycles. The normalized spacial score (nSPS) is 12.9. The Kier molecular flexibility index (Phi) is 11.0. The first-order valence-corrected chi connectivity index (χ1v) is 11.6. The highest BCUT2D eigenvalue weighted by molar-refractivity contribution is 5.88. The van der Waals surface area contributed by atoms with E-state index in [2.05, 4.69) is 0 Å². The van der Waals surface area contributed by atoms with E-state index in [1.54, 1.807) is 0 Å². The average molecular weight is 526 g/mol. The van der Waals surface area contributed by atoms with E-state index in [4.69, 9.17) is 9.47 Å². The fraction of sp³-hybridized carbons (Fsp3) is 0.480. The number of ether oxygens (including phenoxy) is 2. The zero-order valence-electron chi connectivity index (χ0n) is 19.7. The van der Waals surface area contributed by atoms with Gasteiger partial charge in [-0.25, -0.2) is 17.6 Å². The first-order chi connectivity index (χ1) is 17.0. The topological polar surface area (TPSA) is 35.5 Å². The fourth-order valence-corrected chi connectivity index (χ4v) is 3.48. The van der Waals surface area contributed by atoms with Crippen molar-refractivity contribution in [3.8, 4) is 11.5 Å². The van der Waals surface area contributed by atoms with E-state index in [0.29, 0.717) is 25.7 Å². The minimum Gasteiger partial charge on any atom is -0.476 e. The molecular weight excluding hydrogens is 500 g/mol. The predicted molar refractivity (Wildman–Crippen MR) is 115 cm³/mol. The van der Waals surface area contributed by atoms with Crippen LogP contribution in [0.2, 0.25) is 0 Å². The van der Waals surface area contributed by atoms with Gasteiger partial charge in [-0.2, -0.15) is 17.6 Å². The quantitative estimate of drug-likeness (QED) is 0.144. The molecule has 0 fully saturated rings. The molecule has 36 heavy (non-hydrogen) atoms. The van der Waals surface area contributed by atoms with E-state index >= 15 is 0 Å². The molecule has 0 saturated heterocycles. The summed E-state index contributed by atoms with van der Waals surface area (Å²) in [4.78, 5) is 13.3. The second-order valence-electron chi connectivity index (χ2n) is 8.20. The minimum absolute atomic E-state index is 0.0356. The van der Waals surface area contributed by atoms with E-state index in [9.17, 15) is 39.9 Å². The largest absolute Gasteiger partial charge is 0.476 e. The van der Waals surface area contributed by atoms with Crippen molar-refractivity contribution in [1.82, 2.24) is 0 Å². The van der Waals surface area contributed by atoms with Crippen molar-refractivity contribution >= 4 is 5.78 Å². The molecule has 0 amide bonds. The Morgan fingerprint density at radius 2 is 0.917 bits per heavy atom. The molecule has 2 rings (SSSR count). The number of unbranched alkanes of at least 4 members (excludes halogenated alkanes) is 4. The Morgan fingerprint density at radius 3 is 1.19 bits per heavy atom. The molecular formula is C25H26F8O3. The van der Waals surface area contributed by atoms with E-state index in [1.807, 2.05) is 13.8 Å². The highest BCUT2D eigenvalue weighted by atomic mass is 19.2. The summed E-state index contributed by atoms with van der Waals surface area (Å²) >= 11 is 0. The van der Waals surface area contributed by atoms with Crippen LogP contribution >= 0.6 is 0 Å². The molecule has 0 aliphatic heterocycles. The van der Waals surface area contributed by atoms with Gasteiger partial charge in [0.2, 0.25) is 29.1 Å². The van der Waals surface area contributed by atoms with Gasteiger partial charge in [-0.1, -0.05) is 39.5 Å². The van der Waals surface area contributed by atoms with Gasteiger partial charge in [0.25, 0.3) is 0 Å². The van der Waals surface area contributed by atoms with Crippen LogP contribution in [0.15, 0.2) is 12.1 Å². The van der Waals surface area contributed by atoms with Gasteiger partial charge < -0.3 is 9.47 Å². The SMILES string of the molecule is CCCCCC(Oc1c(F)c(F)cc(F)c1F)C(=O)C(CCCCC)Oc1c(F)c(F)cc(F)c1F. The number of benzene rings is 2. The lowest BCUT2D eigenvalue weighted by atomic mass is 9.99. The molecule has 0 aliphatic carbocycles. The van der Waals surface area contributed by atoms with Crippen molar-refractivity contribution in [1.29, 1.82) is 0 Å². The summed E-state index contributed by atoms with van der Waals surface area (Å²) in [6.07, 6.45) is -0.957. The molecule has 2 unspecified atom stereocenters. The smallest absolute Gasteiger partial charge is 0.213 e. The number of halogens is 8. The first kappa shape index (κ1) is 29.4. The van der Waals surface area contributed by atoms with Gasteiger partial charge in [0.1, 0.15) is 0 Å². The second-order valence-corrected chi connectivity index (χ2v) is 8.20. The fourth-order valence-electron chi connectivity index (χ4n) is 3.48. The molecule has 3 nitrogen and oxygen atoms in total. The standard InChI is InChI=1S/C25H26F8O3/c1-3-5-7-9-17(35-24-19(30)13(26)11-14(27)20(24)31)23(34)18(10-8-6-4-2)36-25-21(32)15(28)12-16(29)22(25)33/h11-12,17-18H,3-10H2,1-2H3. The van der Waals surface area contributed by atoms with Gasteiger partial charge in [-0.3, -0.25) is 4.79 Å². The van der Waals surface area contributed by atoms with Crippen LogP contribution in [0.4, 0.5) is 35.1 Å². The van der Waals surface area contributed by atoms with Crippen molar-refractivity contribution in [2.45, 2.75) is 77.4 Å². The molecule has 2 aromatic rings. The Bertz CT molecular complexity index is 927. The number of carbonyl (C=O) groups excluding carboxylic acids is 1. The van der Waals surface area contributed by atoms with Gasteiger partial charge in [0.15, 0.2) is 47.0 Å². The molecule has 0 heterocycles. The summed E-state index contributed by atoms with van der Waals surface area (Å²) in [5.74, 6) is -18.6. The first-order valence-electron chi connectivity index (χ1n) is 11.6. The van der Waals surface area contributed by atoms with Crippen LogP contribution in [0, 0.1) is 46.5 Å². The van der Waals surface area contributed by atoms with E-state index in [1.165, 1.54) is 0 Å². The predicted octanol–water partition coefficient (Wildman–Crippen LogP) is 7.72. The van der Waals surface area contributed by atoms with Crippen molar-refractivity contribution < 1.29 is 49.4 Å². The summed E-state index contributed by atoms with van der Waals surface area (Å²) < 4.78 is 122. The molecule has 0 radical (unpaired) electrons. The number of carbonyl (C=O) groups is 1. The van der Waals surface area contributed by atoms with Crippen LogP contribution in [-0.2, 0) is 4.79 Å². The summed E-state index contributed by atoms with van der Waals surface area (Å²) in [6.45, 7) is 3.64. The average Bonchev–Trinajstić information content (AvgIpc) is 2.84. The van der Waals surface area contributed by atoms with Crippen molar-refractivity contribution in [2.24, 2.45) is 0 Å². The van der Waals surface area contributed by atoms with E-state index in [0.717, 1.165) is 0 Å². The maximum atomic E-state index is 14.2. The lowest BCUT2D eigenvalue weighted by Crippen LogP contribution is -2.40. The molecule has 0 spiro atoms. The monoisotopic (exact) mass is 526 g/mol. The summed E-state index contributed by atoms with van der Waals surface area (Å²) in [5.41, 5.74) is 0. The molecule has 2 aromatic carbocycles. The third-order valence-electron chi connectivity index (χ3n) is 5.44. The lowest BCUT2D eigenvalue weighted by Gasteiger charge is -2.25. The summed E-state index contributed by atoms with van der Waals surface area (Å²) in [7, 11) is 0. The zero-order chi connectivity index (χ0) is 27.0. The molecule has 0 N–H and O–H groups in total. The number of hydrogen-bond donors (Lipinski definition) is 0. The Hall–Kier alpha value is -2.85. The van der Waals surface area contributed by atoms with Gasteiger partial charge in [0, 0.05) is 12.1 Å². The summed E-state index contributed by atoms with van der Waals surface area (Å²) in [5, 5.41) is 0. The van der Waals surface area contributed by atoms with E-state index in [-0.39, 0.29) is 37.8 Å². The van der Waals surface area contributed by atoms with Gasteiger partial charge in [-0.05, 0) is 25.7 Å². The number of Topliss-reactive ketones (excluding diaryl/α,β-unsaturated/α-hetero) is 1. The zero-order valence-corrected chi connectivity index (χ0v) is 19.7. The van der Waals surface area contributed by atoms with Crippen LogP contribution in [0.25, 0.3) is 0 Å². The van der Waals surface area contributed by atoms with Crippen LogP contribution in [0.3, 0.4) is 0 Å².